The minimum Gasteiger partial charge on any atom is -0.379 e. The predicted molar refractivity (Wildman–Crippen MR) is 113 cm³/mol. The first kappa shape index (κ1) is 25.2. The molecule has 1 rings (SSSR count). The van der Waals surface area contributed by atoms with Gasteiger partial charge in [-0.25, -0.2) is 0 Å². The average molecular weight is 419 g/mol. The molecule has 1 fully saturated rings. The first-order chi connectivity index (χ1) is 13.4. The summed E-state index contributed by atoms with van der Waals surface area (Å²) >= 11 is 5.63. The van der Waals surface area contributed by atoms with Gasteiger partial charge in [0.15, 0.2) is 0 Å². The van der Waals surface area contributed by atoms with Crippen molar-refractivity contribution in [1.29, 1.82) is 0 Å². The van der Waals surface area contributed by atoms with E-state index in [-0.39, 0.29) is 23.1 Å². The smallest absolute Gasteiger partial charge is 0.227 e. The summed E-state index contributed by atoms with van der Waals surface area (Å²) in [6.45, 7) is 10.0. The SMILES string of the molecule is CC(C)(C)C(=O)N1CCC(C(=O)NCCOCCOCCCCCCCl)CC1. The Bertz CT molecular complexity index is 446. The van der Waals surface area contributed by atoms with E-state index in [4.69, 9.17) is 21.1 Å². The van der Waals surface area contributed by atoms with Gasteiger partial charge in [-0.05, 0) is 25.7 Å². The van der Waals surface area contributed by atoms with E-state index in [1.807, 2.05) is 25.7 Å². The van der Waals surface area contributed by atoms with Crippen molar-refractivity contribution in [2.45, 2.75) is 59.3 Å². The first-order valence-electron chi connectivity index (χ1n) is 10.6. The zero-order valence-corrected chi connectivity index (χ0v) is 18.7. The minimum atomic E-state index is -0.361. The molecular weight excluding hydrogens is 380 g/mol. The number of nitrogens with zero attached hydrogens (tertiary/aromatic N) is 1. The summed E-state index contributed by atoms with van der Waals surface area (Å²) in [5.74, 6) is 0.962. The van der Waals surface area contributed by atoms with Gasteiger partial charge in [0.25, 0.3) is 0 Å². The monoisotopic (exact) mass is 418 g/mol. The zero-order valence-electron chi connectivity index (χ0n) is 17.9. The van der Waals surface area contributed by atoms with Gasteiger partial charge in [0.2, 0.25) is 11.8 Å². The van der Waals surface area contributed by atoms with E-state index in [1.165, 1.54) is 0 Å². The summed E-state index contributed by atoms with van der Waals surface area (Å²) in [7, 11) is 0. The predicted octanol–water partition coefficient (Wildman–Crippen LogP) is 3.22. The molecule has 1 N–H and O–H groups in total. The topological polar surface area (TPSA) is 67.9 Å². The molecule has 1 heterocycles. The Kier molecular flexibility index (Phi) is 12.8. The first-order valence-corrected chi connectivity index (χ1v) is 11.2. The number of alkyl halides is 1. The van der Waals surface area contributed by atoms with E-state index in [1.54, 1.807) is 0 Å². The maximum absolute atomic E-state index is 12.3. The molecule has 164 valence electrons. The molecule has 1 aliphatic heterocycles. The fraction of sp³-hybridized carbons (Fsp3) is 0.905. The Labute approximate surface area is 175 Å². The van der Waals surface area contributed by atoms with Crippen molar-refractivity contribution >= 4 is 23.4 Å². The van der Waals surface area contributed by atoms with Gasteiger partial charge in [-0.15, -0.1) is 11.6 Å². The molecule has 0 aromatic rings. The number of hydrogen-bond acceptors (Lipinski definition) is 4. The largest absolute Gasteiger partial charge is 0.379 e. The van der Waals surface area contributed by atoms with Gasteiger partial charge in [0.05, 0.1) is 19.8 Å². The number of piperidine rings is 1. The molecule has 0 bridgehead atoms. The Morgan fingerprint density at radius 2 is 1.57 bits per heavy atom. The number of amides is 2. The Morgan fingerprint density at radius 1 is 0.964 bits per heavy atom. The van der Waals surface area contributed by atoms with Gasteiger partial charge in [-0.1, -0.05) is 33.6 Å². The third kappa shape index (κ3) is 10.6. The van der Waals surface area contributed by atoms with Crippen molar-refractivity contribution in [1.82, 2.24) is 10.2 Å². The number of carbonyl (C=O) groups is 2. The molecule has 0 radical (unpaired) electrons. The van der Waals surface area contributed by atoms with Crippen LogP contribution in [0.4, 0.5) is 0 Å². The lowest BCUT2D eigenvalue weighted by Gasteiger charge is -2.35. The molecular formula is C21H39ClN2O4. The zero-order chi connectivity index (χ0) is 20.8. The highest BCUT2D eigenvalue weighted by Crippen LogP contribution is 2.23. The van der Waals surface area contributed by atoms with Crippen LogP contribution in [0.25, 0.3) is 0 Å². The molecule has 1 aliphatic rings. The number of carbonyl (C=O) groups excluding carboxylic acids is 2. The van der Waals surface area contributed by atoms with Crippen molar-refractivity contribution in [3.8, 4) is 0 Å². The summed E-state index contributed by atoms with van der Waals surface area (Å²) in [6, 6.07) is 0. The third-order valence-corrected chi connectivity index (χ3v) is 5.15. The number of nitrogens with one attached hydrogen (secondary N) is 1. The summed E-state index contributed by atoms with van der Waals surface area (Å²) in [5, 5.41) is 2.94. The fourth-order valence-electron chi connectivity index (χ4n) is 3.18. The van der Waals surface area contributed by atoms with Crippen LogP contribution in [0.1, 0.15) is 59.3 Å². The molecule has 2 amide bonds. The van der Waals surface area contributed by atoms with E-state index in [0.717, 1.165) is 51.0 Å². The van der Waals surface area contributed by atoms with Crippen LogP contribution in [-0.4, -0.2) is 68.7 Å². The van der Waals surface area contributed by atoms with Crippen LogP contribution >= 0.6 is 11.6 Å². The maximum atomic E-state index is 12.3. The summed E-state index contributed by atoms with van der Waals surface area (Å²) in [6.07, 6.45) is 5.91. The van der Waals surface area contributed by atoms with Crippen LogP contribution in [0.5, 0.6) is 0 Å². The quantitative estimate of drug-likeness (QED) is 0.368. The highest BCUT2D eigenvalue weighted by Gasteiger charge is 2.32. The van der Waals surface area contributed by atoms with E-state index in [2.05, 4.69) is 5.32 Å². The lowest BCUT2D eigenvalue weighted by atomic mass is 9.91. The van der Waals surface area contributed by atoms with Crippen LogP contribution in [0.3, 0.4) is 0 Å². The van der Waals surface area contributed by atoms with Crippen molar-refractivity contribution in [2.75, 3.05) is 51.9 Å². The number of ether oxygens (including phenoxy) is 2. The van der Waals surface area contributed by atoms with Crippen molar-refractivity contribution in [3.63, 3.8) is 0 Å². The maximum Gasteiger partial charge on any atom is 0.227 e. The molecule has 0 atom stereocenters. The Balaban J connectivity index is 1.98. The lowest BCUT2D eigenvalue weighted by Crippen LogP contribution is -2.46. The third-order valence-electron chi connectivity index (χ3n) is 4.88. The normalized spacial score (nSPS) is 15.6. The molecule has 0 unspecified atom stereocenters. The standard InChI is InChI=1S/C21H39ClN2O4/c1-21(2,3)20(26)24-12-8-18(9-13-24)19(25)23-11-15-28-17-16-27-14-7-5-4-6-10-22/h18H,4-17H2,1-3H3,(H,23,25). The lowest BCUT2D eigenvalue weighted by molar-refractivity contribution is -0.142. The fourth-order valence-corrected chi connectivity index (χ4v) is 3.37. The van der Waals surface area contributed by atoms with Crippen molar-refractivity contribution in [2.24, 2.45) is 11.3 Å². The summed E-state index contributed by atoms with van der Waals surface area (Å²) in [4.78, 5) is 26.4. The van der Waals surface area contributed by atoms with Gasteiger partial charge in [0, 0.05) is 43.5 Å². The molecule has 1 saturated heterocycles. The number of hydrogen-bond donors (Lipinski definition) is 1. The number of likely N-dealkylation sites (tertiary alicyclic amines) is 1. The highest BCUT2D eigenvalue weighted by molar-refractivity contribution is 6.17. The van der Waals surface area contributed by atoms with Crippen LogP contribution < -0.4 is 5.32 Å². The molecule has 0 spiro atoms. The molecule has 0 aromatic carbocycles. The van der Waals surface area contributed by atoms with Crippen LogP contribution in [0.2, 0.25) is 0 Å². The second-order valence-corrected chi connectivity index (χ2v) is 8.81. The molecule has 0 aromatic heterocycles. The van der Waals surface area contributed by atoms with Crippen molar-refractivity contribution < 1.29 is 19.1 Å². The van der Waals surface area contributed by atoms with Gasteiger partial charge < -0.3 is 19.7 Å². The van der Waals surface area contributed by atoms with Crippen LogP contribution in [0.15, 0.2) is 0 Å². The second kappa shape index (κ2) is 14.2. The molecule has 0 saturated carbocycles. The Hall–Kier alpha value is -0.850. The van der Waals surface area contributed by atoms with E-state index in [9.17, 15) is 9.59 Å². The number of unbranched alkanes of at least 4 members (excludes halogenated alkanes) is 3. The van der Waals surface area contributed by atoms with Crippen LogP contribution in [-0.2, 0) is 19.1 Å². The van der Waals surface area contributed by atoms with E-state index < -0.39 is 0 Å². The van der Waals surface area contributed by atoms with Gasteiger partial charge in [0.1, 0.15) is 0 Å². The molecule has 7 heteroatoms. The number of halogens is 1. The number of rotatable bonds is 13. The summed E-state index contributed by atoms with van der Waals surface area (Å²) in [5.41, 5.74) is -0.361. The van der Waals surface area contributed by atoms with E-state index in [0.29, 0.717) is 39.5 Å². The van der Waals surface area contributed by atoms with E-state index >= 15 is 0 Å². The summed E-state index contributed by atoms with van der Waals surface area (Å²) < 4.78 is 11.0. The average Bonchev–Trinajstić information content (AvgIpc) is 2.67. The minimum absolute atomic E-state index is 0.00819. The van der Waals surface area contributed by atoms with Gasteiger partial charge in [-0.2, -0.15) is 0 Å². The second-order valence-electron chi connectivity index (χ2n) is 8.44. The molecule has 0 aliphatic carbocycles. The molecule has 28 heavy (non-hydrogen) atoms. The van der Waals surface area contributed by atoms with Gasteiger partial charge in [-0.3, -0.25) is 9.59 Å². The molecule has 6 nitrogen and oxygen atoms in total. The van der Waals surface area contributed by atoms with Crippen molar-refractivity contribution in [3.05, 3.63) is 0 Å². The van der Waals surface area contributed by atoms with Gasteiger partial charge >= 0.3 is 0 Å². The van der Waals surface area contributed by atoms with Crippen LogP contribution in [0, 0.1) is 11.3 Å². The highest BCUT2D eigenvalue weighted by atomic mass is 35.5. The Morgan fingerprint density at radius 3 is 2.18 bits per heavy atom.